The number of nitrogens with zero attached hydrogens (tertiary/aromatic N) is 1. The summed E-state index contributed by atoms with van der Waals surface area (Å²) in [5.41, 5.74) is 1.72. The molecule has 19 heavy (non-hydrogen) atoms. The van der Waals surface area contributed by atoms with Crippen molar-refractivity contribution >= 4 is 28.8 Å². The minimum Gasteiger partial charge on any atom is -0.478 e. The third kappa shape index (κ3) is 3.32. The van der Waals surface area contributed by atoms with Gasteiger partial charge in [0.15, 0.2) is 0 Å². The van der Waals surface area contributed by atoms with Crippen molar-refractivity contribution in [3.8, 4) is 0 Å². The summed E-state index contributed by atoms with van der Waals surface area (Å²) in [6.07, 6.45) is 0. The highest BCUT2D eigenvalue weighted by Gasteiger charge is 2.19. The number of nitrogens with one attached hydrogen (secondary N) is 1. The second-order valence-electron chi connectivity index (χ2n) is 5.32. The van der Waals surface area contributed by atoms with E-state index in [1.807, 2.05) is 37.6 Å². The smallest absolute Gasteiger partial charge is 0.335 e. The Morgan fingerprint density at radius 2 is 2.11 bits per heavy atom. The van der Waals surface area contributed by atoms with Gasteiger partial charge < -0.3 is 10.4 Å². The Kier molecular flexibility index (Phi) is 3.57. The molecule has 0 unspecified atom stereocenters. The van der Waals surface area contributed by atoms with E-state index in [0.29, 0.717) is 5.82 Å². The first kappa shape index (κ1) is 13.5. The van der Waals surface area contributed by atoms with Crippen molar-refractivity contribution in [1.82, 2.24) is 4.98 Å². The summed E-state index contributed by atoms with van der Waals surface area (Å²) in [7, 11) is 0. The summed E-state index contributed by atoms with van der Waals surface area (Å²) < 4.78 is 0. The van der Waals surface area contributed by atoms with Crippen LogP contribution < -0.4 is 5.32 Å². The van der Waals surface area contributed by atoms with Crippen molar-refractivity contribution in [3.05, 3.63) is 40.2 Å². The summed E-state index contributed by atoms with van der Waals surface area (Å²) in [5.74, 6) is -0.385. The van der Waals surface area contributed by atoms with Gasteiger partial charge in [0, 0.05) is 16.5 Å². The van der Waals surface area contributed by atoms with Crippen LogP contribution in [0, 0.1) is 0 Å². The van der Waals surface area contributed by atoms with Crippen LogP contribution in [0.4, 0.5) is 11.5 Å². The number of thiophene rings is 1. The fourth-order valence-electron chi connectivity index (χ4n) is 1.59. The van der Waals surface area contributed by atoms with Gasteiger partial charge in [-0.2, -0.15) is 11.3 Å². The molecule has 0 saturated carbocycles. The van der Waals surface area contributed by atoms with Crippen LogP contribution in [0.5, 0.6) is 0 Å². The average molecular weight is 276 g/mol. The molecule has 0 aliphatic carbocycles. The van der Waals surface area contributed by atoms with E-state index in [9.17, 15) is 9.90 Å². The topological polar surface area (TPSA) is 62.2 Å². The van der Waals surface area contributed by atoms with Crippen LogP contribution in [0.15, 0.2) is 29.0 Å². The number of hydrogen-bond acceptors (Lipinski definition) is 4. The normalized spacial score (nSPS) is 11.3. The Bertz CT molecular complexity index is 586. The third-order valence-corrected chi connectivity index (χ3v) is 3.32. The molecule has 0 aliphatic heterocycles. The van der Waals surface area contributed by atoms with Crippen LogP contribution in [0.25, 0.3) is 0 Å². The van der Waals surface area contributed by atoms with Gasteiger partial charge in [0.05, 0.1) is 11.3 Å². The fourth-order valence-corrected chi connectivity index (χ4v) is 2.17. The molecular formula is C14H16N2O2S. The quantitative estimate of drug-likeness (QED) is 0.893. The molecule has 2 rings (SSSR count). The minimum absolute atomic E-state index is 0.198. The summed E-state index contributed by atoms with van der Waals surface area (Å²) in [5, 5.41) is 16.2. The Hall–Kier alpha value is -1.88. The van der Waals surface area contributed by atoms with E-state index >= 15 is 0 Å². The molecule has 0 radical (unpaired) electrons. The molecule has 4 nitrogen and oxygen atoms in total. The first-order valence-electron chi connectivity index (χ1n) is 5.91. The fraction of sp³-hybridized carbons (Fsp3) is 0.286. The molecule has 2 N–H and O–H groups in total. The standard InChI is InChI=1S/C14H16N2O2S/c1-14(2,3)11-6-9(13(17)18)7-12(16-11)15-10-4-5-19-8-10/h4-8H,1-3H3,(H,15,16)(H,17,18). The predicted molar refractivity (Wildman–Crippen MR) is 77.5 cm³/mol. The summed E-state index contributed by atoms with van der Waals surface area (Å²) in [6.45, 7) is 6.03. The average Bonchev–Trinajstić information content (AvgIpc) is 2.80. The van der Waals surface area contributed by atoms with E-state index < -0.39 is 5.97 Å². The largest absolute Gasteiger partial charge is 0.478 e. The number of anilines is 2. The molecule has 0 spiro atoms. The Balaban J connectivity index is 2.42. The van der Waals surface area contributed by atoms with Gasteiger partial charge in [-0.15, -0.1) is 0 Å². The van der Waals surface area contributed by atoms with Crippen LogP contribution in [0.3, 0.4) is 0 Å². The lowest BCUT2D eigenvalue weighted by molar-refractivity contribution is 0.0696. The zero-order valence-electron chi connectivity index (χ0n) is 11.1. The summed E-state index contributed by atoms with van der Waals surface area (Å²) >= 11 is 1.57. The number of pyridine rings is 1. The van der Waals surface area contributed by atoms with Gasteiger partial charge in [0.25, 0.3) is 0 Å². The Morgan fingerprint density at radius 3 is 2.63 bits per heavy atom. The number of carboxylic acids is 1. The molecule has 0 saturated heterocycles. The van der Waals surface area contributed by atoms with Crippen molar-refractivity contribution in [3.63, 3.8) is 0 Å². The van der Waals surface area contributed by atoms with Gasteiger partial charge in [0.1, 0.15) is 5.82 Å². The molecule has 2 aromatic rings. The number of aromatic nitrogens is 1. The highest BCUT2D eigenvalue weighted by atomic mass is 32.1. The molecule has 0 bridgehead atoms. The maximum Gasteiger partial charge on any atom is 0.335 e. The number of carbonyl (C=O) groups is 1. The van der Waals surface area contributed by atoms with Crippen molar-refractivity contribution in [2.24, 2.45) is 0 Å². The lowest BCUT2D eigenvalue weighted by Gasteiger charge is -2.19. The second kappa shape index (κ2) is 5.01. The number of aromatic carboxylic acids is 1. The molecule has 0 fully saturated rings. The Labute approximate surface area is 116 Å². The highest BCUT2D eigenvalue weighted by molar-refractivity contribution is 7.08. The van der Waals surface area contributed by atoms with Gasteiger partial charge in [-0.25, -0.2) is 9.78 Å². The maximum absolute atomic E-state index is 11.2. The van der Waals surface area contributed by atoms with Crippen LogP contribution in [-0.4, -0.2) is 16.1 Å². The van der Waals surface area contributed by atoms with Gasteiger partial charge >= 0.3 is 5.97 Å². The third-order valence-electron chi connectivity index (χ3n) is 2.63. The predicted octanol–water partition coefficient (Wildman–Crippen LogP) is 3.88. The number of hydrogen-bond donors (Lipinski definition) is 2. The highest BCUT2D eigenvalue weighted by Crippen LogP contribution is 2.25. The lowest BCUT2D eigenvalue weighted by Crippen LogP contribution is -2.16. The SMILES string of the molecule is CC(C)(C)c1cc(C(=O)O)cc(Nc2ccsc2)n1. The van der Waals surface area contributed by atoms with E-state index in [2.05, 4.69) is 10.3 Å². The number of carboxylic acid groups (broad SMARTS) is 1. The van der Waals surface area contributed by atoms with Crippen molar-refractivity contribution in [1.29, 1.82) is 0 Å². The van der Waals surface area contributed by atoms with E-state index in [1.165, 1.54) is 0 Å². The molecule has 0 aliphatic rings. The van der Waals surface area contributed by atoms with Crippen LogP contribution in [-0.2, 0) is 5.41 Å². The summed E-state index contributed by atoms with van der Waals surface area (Å²) in [4.78, 5) is 15.7. The molecule has 2 aromatic heterocycles. The lowest BCUT2D eigenvalue weighted by atomic mass is 9.91. The molecular weight excluding hydrogens is 260 g/mol. The van der Waals surface area contributed by atoms with Gasteiger partial charge in [-0.1, -0.05) is 20.8 Å². The van der Waals surface area contributed by atoms with Crippen molar-refractivity contribution in [2.45, 2.75) is 26.2 Å². The monoisotopic (exact) mass is 276 g/mol. The van der Waals surface area contributed by atoms with Crippen molar-refractivity contribution in [2.75, 3.05) is 5.32 Å². The van der Waals surface area contributed by atoms with Crippen molar-refractivity contribution < 1.29 is 9.90 Å². The van der Waals surface area contributed by atoms with Gasteiger partial charge in [0.2, 0.25) is 0 Å². The molecule has 5 heteroatoms. The molecule has 0 aromatic carbocycles. The van der Waals surface area contributed by atoms with Crippen LogP contribution in [0.2, 0.25) is 0 Å². The second-order valence-corrected chi connectivity index (χ2v) is 6.10. The van der Waals surface area contributed by atoms with Crippen LogP contribution >= 0.6 is 11.3 Å². The zero-order chi connectivity index (χ0) is 14.0. The summed E-state index contributed by atoms with van der Waals surface area (Å²) in [6, 6.07) is 5.10. The first-order valence-corrected chi connectivity index (χ1v) is 6.85. The molecule has 100 valence electrons. The number of rotatable bonds is 3. The molecule has 2 heterocycles. The first-order chi connectivity index (χ1) is 8.86. The maximum atomic E-state index is 11.2. The van der Waals surface area contributed by atoms with Gasteiger partial charge in [-0.3, -0.25) is 0 Å². The van der Waals surface area contributed by atoms with E-state index in [0.717, 1.165) is 11.4 Å². The zero-order valence-corrected chi connectivity index (χ0v) is 11.9. The van der Waals surface area contributed by atoms with E-state index in [4.69, 9.17) is 0 Å². The Morgan fingerprint density at radius 1 is 1.37 bits per heavy atom. The minimum atomic E-state index is -0.943. The van der Waals surface area contributed by atoms with E-state index in [-0.39, 0.29) is 11.0 Å². The molecule has 0 amide bonds. The molecule has 0 atom stereocenters. The van der Waals surface area contributed by atoms with Crippen LogP contribution in [0.1, 0.15) is 36.8 Å². The van der Waals surface area contributed by atoms with E-state index in [1.54, 1.807) is 23.5 Å². The van der Waals surface area contributed by atoms with Gasteiger partial charge in [-0.05, 0) is 23.6 Å².